The maximum atomic E-state index is 12.1. The van der Waals surface area contributed by atoms with Crippen LogP contribution in [0.25, 0.3) is 0 Å². The molecule has 1 amide bonds. The molecule has 0 aliphatic rings. The molecule has 0 aromatic heterocycles. The molecule has 0 radical (unpaired) electrons. The Kier molecular flexibility index (Phi) is 5.55. The summed E-state index contributed by atoms with van der Waals surface area (Å²) in [5.41, 5.74) is 4.67. The summed E-state index contributed by atoms with van der Waals surface area (Å²) >= 11 is 6.00. The van der Waals surface area contributed by atoms with Crippen LogP contribution >= 0.6 is 11.6 Å². The summed E-state index contributed by atoms with van der Waals surface area (Å²) in [4.78, 5) is 12.1. The molecular formula is C17H17ClN2O2. The van der Waals surface area contributed by atoms with E-state index in [1.807, 2.05) is 31.2 Å². The number of methoxy groups -OCH3 is 1. The third-order valence-electron chi connectivity index (χ3n) is 3.17. The molecule has 0 aliphatic carbocycles. The zero-order chi connectivity index (χ0) is 15.9. The number of carbonyl (C=O) groups is 1. The zero-order valence-corrected chi connectivity index (χ0v) is 13.2. The largest absolute Gasteiger partial charge is 0.497 e. The molecular weight excluding hydrogens is 300 g/mol. The third kappa shape index (κ3) is 3.86. The number of hydrazone groups is 1. The summed E-state index contributed by atoms with van der Waals surface area (Å²) in [6.45, 7) is 1.98. The van der Waals surface area contributed by atoms with Gasteiger partial charge in [-0.05, 0) is 48.4 Å². The Balaban J connectivity index is 2.15. The normalized spacial score (nSPS) is 11.1. The van der Waals surface area contributed by atoms with E-state index >= 15 is 0 Å². The monoisotopic (exact) mass is 316 g/mol. The Morgan fingerprint density at radius 3 is 2.45 bits per heavy atom. The SMILES string of the molecule is CC/C(=N/NC(=O)c1ccccc1Cl)c1ccc(OC)cc1. The molecule has 1 N–H and O–H groups in total. The molecule has 0 atom stereocenters. The molecule has 5 heteroatoms. The number of benzene rings is 2. The highest BCUT2D eigenvalue weighted by Crippen LogP contribution is 2.15. The number of ether oxygens (including phenoxy) is 1. The van der Waals surface area contributed by atoms with Crippen molar-refractivity contribution in [2.45, 2.75) is 13.3 Å². The second-order valence-corrected chi connectivity index (χ2v) is 4.97. The highest BCUT2D eigenvalue weighted by Gasteiger charge is 2.09. The number of hydrogen-bond donors (Lipinski definition) is 1. The average molecular weight is 317 g/mol. The number of nitrogens with zero attached hydrogens (tertiary/aromatic N) is 1. The number of carbonyl (C=O) groups excluding carboxylic acids is 1. The van der Waals surface area contributed by atoms with Crippen molar-refractivity contribution in [1.29, 1.82) is 0 Å². The van der Waals surface area contributed by atoms with Crippen molar-refractivity contribution >= 4 is 23.2 Å². The van der Waals surface area contributed by atoms with Gasteiger partial charge in [0.05, 0.1) is 23.4 Å². The Hall–Kier alpha value is -2.33. The minimum Gasteiger partial charge on any atom is -0.497 e. The molecule has 2 aromatic carbocycles. The maximum Gasteiger partial charge on any atom is 0.272 e. The molecule has 22 heavy (non-hydrogen) atoms. The smallest absolute Gasteiger partial charge is 0.272 e. The van der Waals surface area contributed by atoms with Gasteiger partial charge in [0, 0.05) is 0 Å². The van der Waals surface area contributed by atoms with Crippen molar-refractivity contribution in [3.8, 4) is 5.75 Å². The van der Waals surface area contributed by atoms with Crippen molar-refractivity contribution in [2.24, 2.45) is 5.10 Å². The third-order valence-corrected chi connectivity index (χ3v) is 3.50. The number of nitrogens with one attached hydrogen (secondary N) is 1. The minimum absolute atomic E-state index is 0.329. The van der Waals surface area contributed by atoms with E-state index in [1.165, 1.54) is 0 Å². The molecule has 0 unspecified atom stereocenters. The van der Waals surface area contributed by atoms with Crippen LogP contribution < -0.4 is 10.2 Å². The van der Waals surface area contributed by atoms with E-state index < -0.39 is 0 Å². The van der Waals surface area contributed by atoms with Crippen LogP contribution in [0.3, 0.4) is 0 Å². The Bertz CT molecular complexity index is 681. The van der Waals surface area contributed by atoms with Crippen LogP contribution in [0.5, 0.6) is 5.75 Å². The molecule has 2 aromatic rings. The van der Waals surface area contributed by atoms with Gasteiger partial charge in [0.1, 0.15) is 5.75 Å². The van der Waals surface area contributed by atoms with Crippen molar-refractivity contribution in [1.82, 2.24) is 5.43 Å². The highest BCUT2D eigenvalue weighted by atomic mass is 35.5. The predicted molar refractivity (Wildman–Crippen MR) is 88.7 cm³/mol. The van der Waals surface area contributed by atoms with E-state index in [4.69, 9.17) is 16.3 Å². The summed E-state index contributed by atoms with van der Waals surface area (Å²) in [7, 11) is 1.62. The average Bonchev–Trinajstić information content (AvgIpc) is 2.56. The fourth-order valence-electron chi connectivity index (χ4n) is 1.95. The van der Waals surface area contributed by atoms with E-state index in [-0.39, 0.29) is 5.91 Å². The first-order valence-corrected chi connectivity index (χ1v) is 7.29. The van der Waals surface area contributed by atoms with Gasteiger partial charge in [-0.25, -0.2) is 5.43 Å². The van der Waals surface area contributed by atoms with E-state index in [2.05, 4.69) is 10.5 Å². The highest BCUT2D eigenvalue weighted by molar-refractivity contribution is 6.33. The fourth-order valence-corrected chi connectivity index (χ4v) is 2.18. The van der Waals surface area contributed by atoms with Crippen LogP contribution in [-0.4, -0.2) is 18.7 Å². The maximum absolute atomic E-state index is 12.1. The first kappa shape index (κ1) is 16.0. The lowest BCUT2D eigenvalue weighted by molar-refractivity contribution is 0.0955. The summed E-state index contributed by atoms with van der Waals surface area (Å²) in [5.74, 6) is 0.448. The van der Waals surface area contributed by atoms with Crippen molar-refractivity contribution < 1.29 is 9.53 Å². The molecule has 0 saturated heterocycles. The van der Waals surface area contributed by atoms with E-state index in [0.717, 1.165) is 17.0 Å². The standard InChI is InChI=1S/C17H17ClN2O2/c1-3-16(12-8-10-13(22-2)11-9-12)19-20-17(21)14-6-4-5-7-15(14)18/h4-11H,3H2,1-2H3,(H,20,21)/b19-16-. The van der Waals surface area contributed by atoms with E-state index in [9.17, 15) is 4.79 Å². The van der Waals surface area contributed by atoms with Crippen LogP contribution in [0, 0.1) is 0 Å². The number of halogens is 1. The van der Waals surface area contributed by atoms with Gasteiger partial charge in [0.15, 0.2) is 0 Å². The Morgan fingerprint density at radius 2 is 1.86 bits per heavy atom. The van der Waals surface area contributed by atoms with Gasteiger partial charge in [0.2, 0.25) is 0 Å². The van der Waals surface area contributed by atoms with Gasteiger partial charge in [-0.15, -0.1) is 0 Å². The zero-order valence-electron chi connectivity index (χ0n) is 12.5. The molecule has 114 valence electrons. The minimum atomic E-state index is -0.329. The molecule has 0 fully saturated rings. The van der Waals surface area contributed by atoms with Crippen LogP contribution in [0.4, 0.5) is 0 Å². The van der Waals surface area contributed by atoms with E-state index in [0.29, 0.717) is 17.0 Å². The summed E-state index contributed by atoms with van der Waals surface area (Å²) in [5, 5.41) is 4.60. The molecule has 0 bridgehead atoms. The molecule has 0 spiro atoms. The van der Waals surface area contributed by atoms with Gasteiger partial charge in [-0.2, -0.15) is 5.10 Å². The number of amides is 1. The first-order valence-electron chi connectivity index (χ1n) is 6.91. The summed E-state index contributed by atoms with van der Waals surface area (Å²) in [6, 6.07) is 14.4. The van der Waals surface area contributed by atoms with Crippen molar-refractivity contribution in [3.05, 3.63) is 64.7 Å². The van der Waals surface area contributed by atoms with Gasteiger partial charge in [0.25, 0.3) is 5.91 Å². The second kappa shape index (κ2) is 7.61. The Labute approximate surface area is 134 Å². The van der Waals surface area contributed by atoms with Gasteiger partial charge in [-0.1, -0.05) is 30.7 Å². The van der Waals surface area contributed by atoms with Crippen LogP contribution in [0.2, 0.25) is 5.02 Å². The summed E-state index contributed by atoms with van der Waals surface area (Å²) in [6.07, 6.45) is 0.690. The van der Waals surface area contributed by atoms with E-state index in [1.54, 1.807) is 31.4 Å². The van der Waals surface area contributed by atoms with Gasteiger partial charge in [-0.3, -0.25) is 4.79 Å². The lowest BCUT2D eigenvalue weighted by Gasteiger charge is -2.07. The quantitative estimate of drug-likeness (QED) is 0.672. The molecule has 0 saturated carbocycles. The lowest BCUT2D eigenvalue weighted by Crippen LogP contribution is -2.20. The topological polar surface area (TPSA) is 50.7 Å². The van der Waals surface area contributed by atoms with Crippen LogP contribution in [0.1, 0.15) is 29.3 Å². The second-order valence-electron chi connectivity index (χ2n) is 4.56. The first-order chi connectivity index (χ1) is 10.7. The predicted octanol–water partition coefficient (Wildman–Crippen LogP) is 3.89. The molecule has 0 aliphatic heterocycles. The van der Waals surface area contributed by atoms with Crippen molar-refractivity contribution in [2.75, 3.05) is 7.11 Å². The lowest BCUT2D eigenvalue weighted by atomic mass is 10.1. The van der Waals surface area contributed by atoms with Gasteiger partial charge < -0.3 is 4.74 Å². The Morgan fingerprint density at radius 1 is 1.18 bits per heavy atom. The van der Waals surface area contributed by atoms with Crippen LogP contribution in [0.15, 0.2) is 53.6 Å². The molecule has 2 rings (SSSR count). The summed E-state index contributed by atoms with van der Waals surface area (Å²) < 4.78 is 5.13. The molecule has 0 heterocycles. The van der Waals surface area contributed by atoms with Crippen LogP contribution in [-0.2, 0) is 0 Å². The van der Waals surface area contributed by atoms with Crippen molar-refractivity contribution in [3.63, 3.8) is 0 Å². The number of rotatable bonds is 5. The number of hydrogen-bond acceptors (Lipinski definition) is 3. The molecule has 4 nitrogen and oxygen atoms in total. The van der Waals surface area contributed by atoms with Gasteiger partial charge >= 0.3 is 0 Å². The fraction of sp³-hybridized carbons (Fsp3) is 0.176.